The minimum atomic E-state index is -0.160. The van der Waals surface area contributed by atoms with Crippen LogP contribution in [0.1, 0.15) is 34.9 Å². The van der Waals surface area contributed by atoms with E-state index in [0.29, 0.717) is 18.5 Å². The number of carbonyl (C=O) groups is 2. The lowest BCUT2D eigenvalue weighted by molar-refractivity contribution is -0.929. The summed E-state index contributed by atoms with van der Waals surface area (Å²) in [6.07, 6.45) is 3.59. The molecule has 1 aliphatic heterocycles. The summed E-state index contributed by atoms with van der Waals surface area (Å²) >= 11 is 1.85. The maximum absolute atomic E-state index is 12.8. The Hall–Kier alpha value is -2.18. The largest absolute Gasteiger partial charge is 0.332 e. The zero-order valence-electron chi connectivity index (χ0n) is 16.5. The fourth-order valence-corrected chi connectivity index (χ4v) is 5.10. The molecule has 0 radical (unpaired) electrons. The van der Waals surface area contributed by atoms with Crippen LogP contribution in [-0.2, 0) is 16.0 Å². The molecule has 1 fully saturated rings. The molecule has 1 aliphatic carbocycles. The Labute approximate surface area is 170 Å². The molecule has 0 spiro atoms. The number of benzene rings is 1. The number of hydrogen-bond donors (Lipinski definition) is 2. The molecule has 1 saturated carbocycles. The van der Waals surface area contributed by atoms with Crippen LogP contribution < -0.4 is 10.2 Å². The van der Waals surface area contributed by atoms with Crippen molar-refractivity contribution < 1.29 is 14.5 Å². The molecule has 2 amide bonds. The first-order valence-corrected chi connectivity index (χ1v) is 10.9. The molecule has 0 saturated heterocycles. The maximum atomic E-state index is 12.8. The van der Waals surface area contributed by atoms with Crippen LogP contribution in [0.3, 0.4) is 0 Å². The van der Waals surface area contributed by atoms with Crippen LogP contribution >= 0.6 is 11.3 Å². The van der Waals surface area contributed by atoms with Gasteiger partial charge >= 0.3 is 0 Å². The van der Waals surface area contributed by atoms with Crippen molar-refractivity contribution >= 4 is 28.8 Å². The molecule has 4 rings (SSSR count). The van der Waals surface area contributed by atoms with E-state index < -0.39 is 0 Å². The third kappa shape index (κ3) is 4.28. The number of carbonyl (C=O) groups excluding carboxylic acids is 2. The Morgan fingerprint density at radius 3 is 2.68 bits per heavy atom. The van der Waals surface area contributed by atoms with Gasteiger partial charge in [0.15, 0.2) is 6.54 Å². The van der Waals surface area contributed by atoms with E-state index in [9.17, 15) is 9.59 Å². The molecule has 5 nitrogen and oxygen atoms in total. The van der Waals surface area contributed by atoms with Crippen molar-refractivity contribution in [3.63, 3.8) is 0 Å². The highest BCUT2D eigenvalue weighted by molar-refractivity contribution is 7.10. The highest BCUT2D eigenvalue weighted by Crippen LogP contribution is 2.42. The van der Waals surface area contributed by atoms with Crippen molar-refractivity contribution in [2.75, 3.05) is 32.0 Å². The SMILES string of the molecule is Cc1ccc(NC(=O)CN(C)C(=O)C[NH+]2CCc3sccc3[C@@H]2C2CC2)cc1. The van der Waals surface area contributed by atoms with E-state index in [2.05, 4.69) is 16.8 Å². The van der Waals surface area contributed by atoms with Crippen LogP contribution in [0.25, 0.3) is 0 Å². The number of anilines is 1. The van der Waals surface area contributed by atoms with Crippen LogP contribution in [0.4, 0.5) is 5.69 Å². The van der Waals surface area contributed by atoms with Gasteiger partial charge in [-0.1, -0.05) is 17.7 Å². The van der Waals surface area contributed by atoms with E-state index in [4.69, 9.17) is 0 Å². The lowest BCUT2D eigenvalue weighted by Gasteiger charge is -2.33. The van der Waals surface area contributed by atoms with Gasteiger partial charge in [-0.2, -0.15) is 0 Å². The number of nitrogens with one attached hydrogen (secondary N) is 2. The minimum Gasteiger partial charge on any atom is -0.332 e. The van der Waals surface area contributed by atoms with Gasteiger partial charge in [-0.05, 0) is 43.3 Å². The quantitative estimate of drug-likeness (QED) is 0.783. The molecule has 148 valence electrons. The Balaban J connectivity index is 1.34. The van der Waals surface area contributed by atoms with Crippen molar-refractivity contribution in [2.24, 2.45) is 5.92 Å². The predicted molar refractivity (Wildman–Crippen MR) is 112 cm³/mol. The van der Waals surface area contributed by atoms with Gasteiger partial charge in [0.2, 0.25) is 5.91 Å². The zero-order chi connectivity index (χ0) is 19.7. The van der Waals surface area contributed by atoms with Gasteiger partial charge in [0, 0.05) is 35.5 Å². The number of thiophene rings is 1. The lowest BCUT2D eigenvalue weighted by Crippen LogP contribution is -3.14. The number of quaternary nitrogens is 1. The van der Waals surface area contributed by atoms with Crippen LogP contribution in [0, 0.1) is 12.8 Å². The van der Waals surface area contributed by atoms with Crippen molar-refractivity contribution in [2.45, 2.75) is 32.2 Å². The summed E-state index contributed by atoms with van der Waals surface area (Å²) in [5, 5.41) is 5.05. The fraction of sp³-hybridized carbons (Fsp3) is 0.455. The van der Waals surface area contributed by atoms with Crippen molar-refractivity contribution in [1.29, 1.82) is 0 Å². The van der Waals surface area contributed by atoms with Crippen molar-refractivity contribution in [3.8, 4) is 0 Å². The predicted octanol–water partition coefficient (Wildman–Crippen LogP) is 2.05. The van der Waals surface area contributed by atoms with Gasteiger partial charge in [0.25, 0.3) is 5.91 Å². The number of nitrogens with zero attached hydrogens (tertiary/aromatic N) is 1. The first kappa shape index (κ1) is 19.2. The van der Waals surface area contributed by atoms with E-state index >= 15 is 0 Å². The Bertz CT molecular complexity index is 857. The number of aryl methyl sites for hydroxylation is 1. The monoisotopic (exact) mass is 398 g/mol. The Morgan fingerprint density at radius 1 is 1.21 bits per heavy atom. The van der Waals surface area contributed by atoms with Crippen molar-refractivity contribution in [1.82, 2.24) is 4.90 Å². The van der Waals surface area contributed by atoms with Crippen LogP contribution in [0.15, 0.2) is 35.7 Å². The highest BCUT2D eigenvalue weighted by atomic mass is 32.1. The normalized spacial score (nSPS) is 21.1. The molecule has 1 aromatic heterocycles. The lowest BCUT2D eigenvalue weighted by atomic mass is 9.96. The standard InChI is InChI=1S/C22H27N3O2S/c1-15-3-7-17(8-4-15)23-20(26)13-24(2)21(27)14-25-11-9-19-18(10-12-28-19)22(25)16-5-6-16/h3-4,7-8,10,12,16,22H,5-6,9,11,13-14H2,1-2H3,(H,23,26)/p+1/t22-/m0/s1. The Kier molecular flexibility index (Phi) is 5.51. The smallest absolute Gasteiger partial charge is 0.277 e. The van der Waals surface area contributed by atoms with E-state index in [1.165, 1.54) is 28.2 Å². The zero-order valence-corrected chi connectivity index (χ0v) is 17.3. The van der Waals surface area contributed by atoms with E-state index in [1.54, 1.807) is 11.9 Å². The molecule has 2 aromatic rings. The number of amides is 2. The number of rotatable bonds is 6. The molecule has 2 aliphatic rings. The maximum Gasteiger partial charge on any atom is 0.277 e. The molecule has 6 heteroatoms. The molecule has 2 atom stereocenters. The van der Waals surface area contributed by atoms with Crippen LogP contribution in [0.2, 0.25) is 0 Å². The van der Waals surface area contributed by atoms with E-state index in [1.807, 2.05) is 42.5 Å². The molecular weight excluding hydrogens is 370 g/mol. The molecule has 28 heavy (non-hydrogen) atoms. The molecule has 1 aromatic carbocycles. The minimum absolute atomic E-state index is 0.0402. The summed E-state index contributed by atoms with van der Waals surface area (Å²) < 4.78 is 0. The van der Waals surface area contributed by atoms with Gasteiger partial charge in [0.05, 0.1) is 13.1 Å². The van der Waals surface area contributed by atoms with E-state index in [0.717, 1.165) is 24.2 Å². The fourth-order valence-electron chi connectivity index (χ4n) is 4.17. The summed E-state index contributed by atoms with van der Waals surface area (Å²) in [7, 11) is 1.72. The highest BCUT2D eigenvalue weighted by Gasteiger charge is 2.44. The van der Waals surface area contributed by atoms with Gasteiger partial charge in [-0.25, -0.2) is 0 Å². The summed E-state index contributed by atoms with van der Waals surface area (Å²) in [6.45, 7) is 3.56. The average molecular weight is 399 g/mol. The number of hydrogen-bond acceptors (Lipinski definition) is 3. The van der Waals surface area contributed by atoms with Crippen LogP contribution in [-0.4, -0.2) is 43.4 Å². The van der Waals surface area contributed by atoms with Crippen LogP contribution in [0.5, 0.6) is 0 Å². The third-order valence-corrected chi connectivity index (χ3v) is 6.84. The van der Waals surface area contributed by atoms with Gasteiger partial charge < -0.3 is 15.1 Å². The second kappa shape index (κ2) is 8.05. The molecule has 0 bridgehead atoms. The van der Waals surface area contributed by atoms with Gasteiger partial charge in [-0.3, -0.25) is 9.59 Å². The number of fused-ring (bicyclic) bond motifs is 1. The van der Waals surface area contributed by atoms with Gasteiger partial charge in [0.1, 0.15) is 6.04 Å². The van der Waals surface area contributed by atoms with E-state index in [-0.39, 0.29) is 18.4 Å². The Morgan fingerprint density at radius 2 is 1.96 bits per heavy atom. The molecule has 2 heterocycles. The molecular formula is C22H28N3O2S+. The molecule has 2 N–H and O–H groups in total. The summed E-state index contributed by atoms with van der Waals surface area (Å²) in [6, 6.07) is 10.4. The second-order valence-electron chi connectivity index (χ2n) is 8.11. The first-order valence-electron chi connectivity index (χ1n) is 10.0. The number of likely N-dealkylation sites (N-methyl/N-ethyl adjacent to an activating group) is 1. The third-order valence-electron chi connectivity index (χ3n) is 5.84. The average Bonchev–Trinajstić information content (AvgIpc) is 3.39. The summed E-state index contributed by atoms with van der Waals surface area (Å²) in [5.74, 6) is 0.595. The topological polar surface area (TPSA) is 53.9 Å². The summed E-state index contributed by atoms with van der Waals surface area (Å²) in [4.78, 5) is 29.5. The van der Waals surface area contributed by atoms with Crippen molar-refractivity contribution in [3.05, 3.63) is 51.7 Å². The summed E-state index contributed by atoms with van der Waals surface area (Å²) in [5.41, 5.74) is 3.37. The van der Waals surface area contributed by atoms with Gasteiger partial charge in [-0.15, -0.1) is 11.3 Å². The molecule has 1 unspecified atom stereocenters. The first-order chi connectivity index (χ1) is 13.5. The second-order valence-corrected chi connectivity index (χ2v) is 9.11.